The van der Waals surface area contributed by atoms with Gasteiger partial charge in [0, 0.05) is 11.8 Å². The van der Waals surface area contributed by atoms with Crippen LogP contribution in [0.1, 0.15) is 5.69 Å². The van der Waals surface area contributed by atoms with Crippen molar-refractivity contribution in [2.75, 3.05) is 16.8 Å². The Morgan fingerprint density at radius 1 is 1.60 bits per heavy atom. The fraction of sp³-hybridized carbons (Fsp3) is 0.375. The summed E-state index contributed by atoms with van der Waals surface area (Å²) in [5, 5.41) is 17.4. The standard InChI is InChI=1S/C8H11N3O3S/c1-5-2-6(11-10-5)9-7(12)3-15-4-8(13)14/h2H,3-4H2,1H3,(H,13,14)(H2,9,10,11,12). The molecule has 1 rings (SSSR count). The number of amides is 1. The van der Waals surface area contributed by atoms with E-state index in [1.807, 2.05) is 6.92 Å². The second-order valence-corrected chi connectivity index (χ2v) is 3.86. The van der Waals surface area contributed by atoms with Crippen molar-refractivity contribution in [3.8, 4) is 0 Å². The number of hydrogen-bond acceptors (Lipinski definition) is 4. The molecule has 0 radical (unpaired) electrons. The zero-order valence-electron chi connectivity index (χ0n) is 8.11. The molecular weight excluding hydrogens is 218 g/mol. The predicted octanol–water partition coefficient (Wildman–Crippen LogP) is 0.474. The lowest BCUT2D eigenvalue weighted by atomic mass is 10.5. The van der Waals surface area contributed by atoms with Crippen LogP contribution in [0.3, 0.4) is 0 Å². The summed E-state index contributed by atoms with van der Waals surface area (Å²) in [6.45, 7) is 1.82. The normalized spacial score (nSPS) is 9.93. The SMILES string of the molecule is Cc1cc(NC(=O)CSCC(=O)O)n[nH]1. The van der Waals surface area contributed by atoms with Gasteiger partial charge in [-0.15, -0.1) is 11.8 Å². The quantitative estimate of drug-likeness (QED) is 0.682. The molecule has 0 atom stereocenters. The van der Waals surface area contributed by atoms with Crippen molar-refractivity contribution in [1.82, 2.24) is 10.2 Å². The van der Waals surface area contributed by atoms with Crippen LogP contribution in [0, 0.1) is 6.92 Å². The average Bonchev–Trinajstić information content (AvgIpc) is 2.50. The van der Waals surface area contributed by atoms with Gasteiger partial charge in [-0.1, -0.05) is 0 Å². The number of nitrogens with one attached hydrogen (secondary N) is 2. The summed E-state index contributed by atoms with van der Waals surface area (Å²) in [4.78, 5) is 21.4. The van der Waals surface area contributed by atoms with Gasteiger partial charge in [0.25, 0.3) is 0 Å². The first-order valence-electron chi connectivity index (χ1n) is 4.19. The molecule has 0 aliphatic carbocycles. The predicted molar refractivity (Wildman–Crippen MR) is 56.9 cm³/mol. The minimum absolute atomic E-state index is 0.0764. The Hall–Kier alpha value is -1.50. The van der Waals surface area contributed by atoms with Crippen molar-refractivity contribution < 1.29 is 14.7 Å². The molecule has 1 aromatic rings. The van der Waals surface area contributed by atoms with Crippen molar-refractivity contribution in [3.05, 3.63) is 11.8 Å². The number of carboxylic acid groups (broad SMARTS) is 1. The molecule has 0 saturated carbocycles. The van der Waals surface area contributed by atoms with Gasteiger partial charge in [0.1, 0.15) is 0 Å². The van der Waals surface area contributed by atoms with Crippen LogP contribution in [-0.2, 0) is 9.59 Å². The third-order valence-corrected chi connectivity index (χ3v) is 2.35. The van der Waals surface area contributed by atoms with Crippen LogP contribution < -0.4 is 5.32 Å². The van der Waals surface area contributed by atoms with E-state index in [4.69, 9.17) is 5.11 Å². The fourth-order valence-electron chi connectivity index (χ4n) is 0.892. The first-order chi connectivity index (χ1) is 7.08. The largest absolute Gasteiger partial charge is 0.481 e. The second kappa shape index (κ2) is 5.40. The molecule has 6 nitrogen and oxygen atoms in total. The molecule has 0 aliphatic rings. The molecule has 1 amide bonds. The molecular formula is C8H11N3O3S. The van der Waals surface area contributed by atoms with Crippen molar-refractivity contribution in [2.24, 2.45) is 0 Å². The summed E-state index contributed by atoms with van der Waals surface area (Å²) in [7, 11) is 0. The molecule has 0 saturated heterocycles. The smallest absolute Gasteiger partial charge is 0.313 e. The van der Waals surface area contributed by atoms with Crippen molar-refractivity contribution in [1.29, 1.82) is 0 Å². The monoisotopic (exact) mass is 229 g/mol. The summed E-state index contributed by atoms with van der Waals surface area (Å²) in [5.74, 6) is -0.699. The number of anilines is 1. The number of hydrogen-bond donors (Lipinski definition) is 3. The van der Waals surface area contributed by atoms with Crippen LogP contribution in [0.2, 0.25) is 0 Å². The molecule has 0 spiro atoms. The number of thioether (sulfide) groups is 1. The van der Waals surface area contributed by atoms with Crippen molar-refractivity contribution in [2.45, 2.75) is 6.92 Å². The van der Waals surface area contributed by atoms with Gasteiger partial charge in [-0.25, -0.2) is 0 Å². The maximum atomic E-state index is 11.2. The van der Waals surface area contributed by atoms with Gasteiger partial charge in [-0.05, 0) is 6.92 Å². The molecule has 15 heavy (non-hydrogen) atoms. The number of carboxylic acids is 1. The Morgan fingerprint density at radius 3 is 2.87 bits per heavy atom. The number of nitrogens with zero attached hydrogens (tertiary/aromatic N) is 1. The Balaban J connectivity index is 2.27. The Morgan fingerprint density at radius 2 is 2.33 bits per heavy atom. The number of aromatic nitrogens is 2. The lowest BCUT2D eigenvalue weighted by molar-refractivity contribution is -0.133. The number of H-pyrrole nitrogens is 1. The van der Waals surface area contributed by atoms with Gasteiger partial charge >= 0.3 is 5.97 Å². The van der Waals surface area contributed by atoms with Gasteiger partial charge < -0.3 is 10.4 Å². The van der Waals surface area contributed by atoms with E-state index in [0.29, 0.717) is 5.82 Å². The van der Waals surface area contributed by atoms with Crippen molar-refractivity contribution in [3.63, 3.8) is 0 Å². The molecule has 0 fully saturated rings. The first kappa shape index (κ1) is 11.6. The molecule has 0 bridgehead atoms. The molecule has 1 aromatic heterocycles. The number of rotatable bonds is 5. The highest BCUT2D eigenvalue weighted by Gasteiger charge is 2.06. The second-order valence-electron chi connectivity index (χ2n) is 2.87. The number of carbonyl (C=O) groups excluding carboxylic acids is 1. The van der Waals surface area contributed by atoms with E-state index in [1.54, 1.807) is 6.07 Å². The third-order valence-electron chi connectivity index (χ3n) is 1.43. The Labute approximate surface area is 90.4 Å². The number of aryl methyl sites for hydroxylation is 1. The molecule has 0 aromatic carbocycles. The Kier molecular flexibility index (Phi) is 4.17. The van der Waals surface area contributed by atoms with Crippen LogP contribution in [0.15, 0.2) is 6.07 Å². The third kappa shape index (κ3) is 4.50. The van der Waals surface area contributed by atoms with Crippen LogP contribution in [-0.4, -0.2) is 38.7 Å². The summed E-state index contributed by atoms with van der Waals surface area (Å²) < 4.78 is 0. The molecule has 82 valence electrons. The lowest BCUT2D eigenvalue weighted by Crippen LogP contribution is -2.15. The summed E-state index contributed by atoms with van der Waals surface area (Å²) in [5.41, 5.74) is 0.850. The molecule has 0 aliphatic heterocycles. The van der Waals surface area contributed by atoms with Gasteiger partial charge in [-0.2, -0.15) is 5.10 Å². The van der Waals surface area contributed by atoms with E-state index in [9.17, 15) is 9.59 Å². The first-order valence-corrected chi connectivity index (χ1v) is 5.35. The molecule has 3 N–H and O–H groups in total. The van der Waals surface area contributed by atoms with Gasteiger partial charge in [-0.3, -0.25) is 14.7 Å². The highest BCUT2D eigenvalue weighted by atomic mass is 32.2. The van der Waals surface area contributed by atoms with Crippen molar-refractivity contribution >= 4 is 29.5 Å². The Bertz CT molecular complexity index is 364. The minimum Gasteiger partial charge on any atom is -0.481 e. The topological polar surface area (TPSA) is 95.1 Å². The van der Waals surface area contributed by atoms with E-state index < -0.39 is 5.97 Å². The number of aliphatic carboxylic acids is 1. The van der Waals surface area contributed by atoms with E-state index >= 15 is 0 Å². The highest BCUT2D eigenvalue weighted by Crippen LogP contribution is 2.05. The van der Waals surface area contributed by atoms with E-state index in [2.05, 4.69) is 15.5 Å². The van der Waals surface area contributed by atoms with Gasteiger partial charge in [0.05, 0.1) is 11.5 Å². The summed E-state index contributed by atoms with van der Waals surface area (Å²) in [6, 6.07) is 1.69. The van der Waals surface area contributed by atoms with E-state index in [0.717, 1.165) is 17.5 Å². The average molecular weight is 229 g/mol. The zero-order chi connectivity index (χ0) is 11.3. The summed E-state index contributed by atoms with van der Waals surface area (Å²) in [6.07, 6.45) is 0. The van der Waals surface area contributed by atoms with Crippen LogP contribution in [0.25, 0.3) is 0 Å². The fourth-order valence-corrected chi connectivity index (χ4v) is 1.43. The molecule has 0 unspecified atom stereocenters. The molecule has 1 heterocycles. The van der Waals surface area contributed by atoms with Gasteiger partial charge in [0.15, 0.2) is 5.82 Å². The van der Waals surface area contributed by atoms with E-state index in [-0.39, 0.29) is 17.4 Å². The summed E-state index contributed by atoms with van der Waals surface area (Å²) >= 11 is 1.05. The lowest BCUT2D eigenvalue weighted by Gasteiger charge is -1.99. The maximum Gasteiger partial charge on any atom is 0.313 e. The van der Waals surface area contributed by atoms with E-state index in [1.165, 1.54) is 0 Å². The van der Waals surface area contributed by atoms with Crippen LogP contribution in [0.5, 0.6) is 0 Å². The zero-order valence-corrected chi connectivity index (χ0v) is 8.93. The highest BCUT2D eigenvalue weighted by molar-refractivity contribution is 8.00. The van der Waals surface area contributed by atoms with Gasteiger partial charge in [0.2, 0.25) is 5.91 Å². The minimum atomic E-state index is -0.927. The van der Waals surface area contributed by atoms with Crippen LogP contribution >= 0.6 is 11.8 Å². The maximum absolute atomic E-state index is 11.2. The van der Waals surface area contributed by atoms with Crippen LogP contribution in [0.4, 0.5) is 5.82 Å². The number of carbonyl (C=O) groups is 2. The number of aromatic amines is 1. The molecule has 7 heteroatoms.